The van der Waals surface area contributed by atoms with E-state index in [1.807, 2.05) is 6.07 Å². The number of carbonyl (C=O) groups excluding carboxylic acids is 1. The van der Waals surface area contributed by atoms with Gasteiger partial charge in [-0.05, 0) is 50.3 Å². The van der Waals surface area contributed by atoms with Crippen molar-refractivity contribution in [2.75, 3.05) is 31.1 Å². The second-order valence-electron chi connectivity index (χ2n) is 5.63. The molecule has 2 heterocycles. The van der Waals surface area contributed by atoms with Gasteiger partial charge < -0.3 is 16.0 Å². The van der Waals surface area contributed by atoms with Gasteiger partial charge in [0.1, 0.15) is 5.82 Å². The lowest BCUT2D eigenvalue weighted by atomic mass is 9.94. The molecule has 3 N–H and O–H groups in total. The Kier molecular flexibility index (Phi) is 3.87. The van der Waals surface area contributed by atoms with Gasteiger partial charge in [0.15, 0.2) is 0 Å². The van der Waals surface area contributed by atoms with Crippen LogP contribution in [-0.2, 0) is 12.8 Å². The highest BCUT2D eigenvalue weighted by atomic mass is 16.1. The zero-order chi connectivity index (χ0) is 13.9. The minimum absolute atomic E-state index is 0.363. The highest BCUT2D eigenvalue weighted by Crippen LogP contribution is 2.27. The van der Waals surface area contributed by atoms with Crippen LogP contribution in [-0.4, -0.2) is 37.1 Å². The van der Waals surface area contributed by atoms with E-state index in [4.69, 9.17) is 10.7 Å². The third-order valence-corrected chi connectivity index (χ3v) is 4.19. The van der Waals surface area contributed by atoms with Gasteiger partial charge in [0.25, 0.3) is 5.91 Å². The smallest absolute Gasteiger partial charge is 0.252 e. The molecule has 0 aromatic carbocycles. The average molecular weight is 274 g/mol. The maximum atomic E-state index is 11.8. The maximum Gasteiger partial charge on any atom is 0.252 e. The molecule has 2 aliphatic rings. The van der Waals surface area contributed by atoms with E-state index in [1.54, 1.807) is 0 Å². The van der Waals surface area contributed by atoms with Crippen molar-refractivity contribution in [1.29, 1.82) is 0 Å². The lowest BCUT2D eigenvalue weighted by Crippen LogP contribution is -2.32. The Labute approximate surface area is 119 Å². The molecule has 0 atom stereocenters. The summed E-state index contributed by atoms with van der Waals surface area (Å²) in [5.74, 6) is 0.430. The van der Waals surface area contributed by atoms with Gasteiger partial charge in [-0.1, -0.05) is 0 Å². The number of anilines is 1. The van der Waals surface area contributed by atoms with Crippen molar-refractivity contribution >= 4 is 11.7 Å². The van der Waals surface area contributed by atoms with E-state index in [9.17, 15) is 4.79 Å². The summed E-state index contributed by atoms with van der Waals surface area (Å²) in [6, 6.07) is 1.98. The molecule has 1 aromatic heterocycles. The van der Waals surface area contributed by atoms with E-state index < -0.39 is 0 Å². The molecule has 0 radical (unpaired) electrons. The van der Waals surface area contributed by atoms with E-state index in [1.165, 1.54) is 18.4 Å². The van der Waals surface area contributed by atoms with Crippen molar-refractivity contribution in [1.82, 2.24) is 10.3 Å². The number of nitrogens with zero attached hydrogens (tertiary/aromatic N) is 2. The molecule has 1 aromatic rings. The summed E-state index contributed by atoms with van der Waals surface area (Å²) in [7, 11) is 0. The van der Waals surface area contributed by atoms with Gasteiger partial charge in [-0.25, -0.2) is 4.98 Å². The van der Waals surface area contributed by atoms with Crippen LogP contribution in [0.15, 0.2) is 6.07 Å². The Morgan fingerprint density at radius 2 is 2.05 bits per heavy atom. The normalized spacial score (nSPS) is 19.3. The number of aromatic nitrogens is 1. The number of pyridine rings is 1. The van der Waals surface area contributed by atoms with Crippen molar-refractivity contribution in [3.8, 4) is 0 Å². The van der Waals surface area contributed by atoms with Gasteiger partial charge in [0.05, 0.1) is 5.56 Å². The minimum Gasteiger partial charge on any atom is -0.365 e. The number of hydrogen-bond donors (Lipinski definition) is 2. The molecular weight excluding hydrogens is 252 g/mol. The molecule has 108 valence electrons. The van der Waals surface area contributed by atoms with Crippen LogP contribution >= 0.6 is 0 Å². The van der Waals surface area contributed by atoms with Crippen LogP contribution in [0, 0.1) is 0 Å². The number of amides is 1. The van der Waals surface area contributed by atoms with Gasteiger partial charge in [-0.3, -0.25) is 4.79 Å². The second-order valence-corrected chi connectivity index (χ2v) is 5.63. The van der Waals surface area contributed by atoms with Crippen LogP contribution in [0.3, 0.4) is 0 Å². The number of nitrogens with one attached hydrogen (secondary N) is 1. The van der Waals surface area contributed by atoms with Crippen molar-refractivity contribution in [3.63, 3.8) is 0 Å². The van der Waals surface area contributed by atoms with Crippen LogP contribution in [0.25, 0.3) is 0 Å². The summed E-state index contributed by atoms with van der Waals surface area (Å²) in [6.45, 7) is 3.76. The number of aryl methyl sites for hydroxylation is 2. The van der Waals surface area contributed by atoms with Crippen LogP contribution in [0.1, 0.15) is 40.9 Å². The summed E-state index contributed by atoms with van der Waals surface area (Å²) in [5.41, 5.74) is 8.53. The predicted molar refractivity (Wildman–Crippen MR) is 79.1 cm³/mol. The van der Waals surface area contributed by atoms with E-state index in [0.29, 0.717) is 5.56 Å². The maximum absolute atomic E-state index is 11.8. The van der Waals surface area contributed by atoms with Crippen molar-refractivity contribution in [2.45, 2.75) is 32.1 Å². The minimum atomic E-state index is -0.363. The molecule has 0 bridgehead atoms. The number of rotatable bonds is 2. The van der Waals surface area contributed by atoms with Gasteiger partial charge in [0.2, 0.25) is 0 Å². The highest BCUT2D eigenvalue weighted by Gasteiger charge is 2.22. The molecule has 5 heteroatoms. The van der Waals surface area contributed by atoms with Crippen molar-refractivity contribution < 1.29 is 4.79 Å². The first-order chi connectivity index (χ1) is 9.75. The van der Waals surface area contributed by atoms with Gasteiger partial charge in [0, 0.05) is 25.3 Å². The molecule has 1 fully saturated rings. The van der Waals surface area contributed by atoms with Gasteiger partial charge in [-0.2, -0.15) is 0 Å². The van der Waals surface area contributed by atoms with Crippen LogP contribution < -0.4 is 16.0 Å². The van der Waals surface area contributed by atoms with Gasteiger partial charge >= 0.3 is 0 Å². The third kappa shape index (κ3) is 2.63. The summed E-state index contributed by atoms with van der Waals surface area (Å²) in [6.07, 6.45) is 5.48. The third-order valence-electron chi connectivity index (χ3n) is 4.19. The number of fused-ring (bicyclic) bond motifs is 1. The number of hydrogen-bond acceptors (Lipinski definition) is 4. The quantitative estimate of drug-likeness (QED) is 0.839. The fourth-order valence-electron chi connectivity index (χ4n) is 3.10. The molecule has 20 heavy (non-hydrogen) atoms. The van der Waals surface area contributed by atoms with E-state index >= 15 is 0 Å². The van der Waals surface area contributed by atoms with E-state index in [2.05, 4.69) is 10.2 Å². The largest absolute Gasteiger partial charge is 0.365 e. The first-order valence-corrected chi connectivity index (χ1v) is 7.54. The van der Waals surface area contributed by atoms with Gasteiger partial charge in [-0.15, -0.1) is 0 Å². The molecule has 0 saturated carbocycles. The Morgan fingerprint density at radius 1 is 1.20 bits per heavy atom. The number of carbonyl (C=O) groups is 1. The number of primary amides is 1. The summed E-state index contributed by atoms with van der Waals surface area (Å²) in [4.78, 5) is 18.8. The predicted octanol–water partition coefficient (Wildman–Crippen LogP) is 0.859. The Bertz CT molecular complexity index is 507. The monoisotopic (exact) mass is 274 g/mol. The Morgan fingerprint density at radius 3 is 2.90 bits per heavy atom. The SMILES string of the molecule is NC(=O)c1cc2c(nc1N1CCCNCC1)CCCC2. The summed E-state index contributed by atoms with van der Waals surface area (Å²) < 4.78 is 0. The number of nitrogens with two attached hydrogens (primary N) is 1. The first-order valence-electron chi connectivity index (χ1n) is 7.54. The average Bonchev–Trinajstić information content (AvgIpc) is 2.74. The Hall–Kier alpha value is -1.62. The Balaban J connectivity index is 2.00. The van der Waals surface area contributed by atoms with Crippen LogP contribution in [0.2, 0.25) is 0 Å². The van der Waals surface area contributed by atoms with Crippen molar-refractivity contribution in [2.24, 2.45) is 5.73 Å². The molecule has 0 unspecified atom stereocenters. The fourth-order valence-corrected chi connectivity index (χ4v) is 3.10. The molecular formula is C15H22N4O. The molecule has 1 aliphatic heterocycles. The molecule has 0 spiro atoms. The second kappa shape index (κ2) is 5.79. The molecule has 3 rings (SSSR count). The zero-order valence-corrected chi connectivity index (χ0v) is 11.8. The summed E-state index contributed by atoms with van der Waals surface area (Å²) >= 11 is 0. The fraction of sp³-hybridized carbons (Fsp3) is 0.600. The molecule has 1 saturated heterocycles. The first kappa shape index (κ1) is 13.4. The highest BCUT2D eigenvalue weighted by molar-refractivity contribution is 5.98. The van der Waals surface area contributed by atoms with Crippen molar-refractivity contribution in [3.05, 3.63) is 22.9 Å². The molecule has 5 nitrogen and oxygen atoms in total. The van der Waals surface area contributed by atoms with E-state index in [0.717, 1.165) is 57.0 Å². The topological polar surface area (TPSA) is 71.2 Å². The van der Waals surface area contributed by atoms with Crippen LogP contribution in [0.5, 0.6) is 0 Å². The molecule has 1 amide bonds. The lowest BCUT2D eigenvalue weighted by molar-refractivity contribution is 0.100. The lowest BCUT2D eigenvalue weighted by Gasteiger charge is -2.26. The standard InChI is InChI=1S/C15H22N4O/c16-14(20)12-10-11-4-1-2-5-13(11)18-15(12)19-8-3-6-17-7-9-19/h10,17H,1-9H2,(H2,16,20). The summed E-state index contributed by atoms with van der Waals surface area (Å²) in [5, 5.41) is 3.37. The van der Waals surface area contributed by atoms with Crippen LogP contribution in [0.4, 0.5) is 5.82 Å². The van der Waals surface area contributed by atoms with E-state index in [-0.39, 0.29) is 5.91 Å². The molecule has 1 aliphatic carbocycles. The zero-order valence-electron chi connectivity index (χ0n) is 11.8.